The lowest BCUT2D eigenvalue weighted by Gasteiger charge is -2.33. The van der Waals surface area contributed by atoms with Crippen LogP contribution in [0.25, 0.3) is 10.2 Å². The van der Waals surface area contributed by atoms with Crippen LogP contribution < -0.4 is 15.6 Å². The molecule has 2 aliphatic heterocycles. The predicted octanol–water partition coefficient (Wildman–Crippen LogP) is 3.38. The Labute approximate surface area is 186 Å². The maximum absolute atomic E-state index is 13.7. The zero-order valence-corrected chi connectivity index (χ0v) is 18.3. The fourth-order valence-corrected chi connectivity index (χ4v) is 5.03. The standard InChI is InChI=1S/C20H24F3N5O3S/c1-24-18(29)13-11-32-17-14(20(21,22)23)10-15(25-16(13)17)27-8-4-12(5-9-27)31-19(30)26-28-6-2-3-7-28/h10-12H,2-9H2,1H3,(H,24,29)(H,26,30). The van der Waals surface area contributed by atoms with Gasteiger partial charge in [-0.05, 0) is 18.9 Å². The molecule has 2 aliphatic rings. The second-order valence-corrected chi connectivity index (χ2v) is 8.71. The number of carbonyl (C=O) groups is 2. The van der Waals surface area contributed by atoms with Gasteiger partial charge in [-0.1, -0.05) is 0 Å². The van der Waals surface area contributed by atoms with Gasteiger partial charge >= 0.3 is 12.3 Å². The molecule has 0 saturated carbocycles. The number of thiophene rings is 1. The minimum Gasteiger partial charge on any atom is -0.445 e. The van der Waals surface area contributed by atoms with E-state index in [1.165, 1.54) is 12.4 Å². The molecule has 2 N–H and O–H groups in total. The number of hydrogen-bond acceptors (Lipinski definition) is 7. The molecule has 2 fully saturated rings. The van der Waals surface area contributed by atoms with Crippen molar-refractivity contribution in [2.45, 2.75) is 38.0 Å². The first kappa shape index (κ1) is 22.6. The molecule has 174 valence electrons. The van der Waals surface area contributed by atoms with E-state index >= 15 is 0 Å². The lowest BCUT2D eigenvalue weighted by atomic mass is 10.1. The van der Waals surface area contributed by atoms with Gasteiger partial charge in [0.1, 0.15) is 11.9 Å². The summed E-state index contributed by atoms with van der Waals surface area (Å²) >= 11 is 0.856. The molecule has 2 aromatic rings. The van der Waals surface area contributed by atoms with E-state index in [1.54, 1.807) is 4.90 Å². The number of nitrogens with one attached hydrogen (secondary N) is 2. The average molecular weight is 472 g/mol. The van der Waals surface area contributed by atoms with Crippen molar-refractivity contribution in [2.24, 2.45) is 0 Å². The van der Waals surface area contributed by atoms with Crippen molar-refractivity contribution in [1.29, 1.82) is 0 Å². The molecular formula is C20H24F3N5O3S. The fraction of sp³-hybridized carbons (Fsp3) is 0.550. The third-order valence-corrected chi connectivity index (χ3v) is 6.68. The van der Waals surface area contributed by atoms with Crippen LogP contribution in [0.1, 0.15) is 41.6 Å². The van der Waals surface area contributed by atoms with Crippen molar-refractivity contribution >= 4 is 39.4 Å². The van der Waals surface area contributed by atoms with Gasteiger partial charge in [0.05, 0.1) is 21.3 Å². The van der Waals surface area contributed by atoms with Gasteiger partial charge in [0.25, 0.3) is 5.91 Å². The number of hydrazine groups is 1. The number of halogens is 3. The summed E-state index contributed by atoms with van der Waals surface area (Å²) in [5, 5.41) is 5.66. The molecule has 2 saturated heterocycles. The Morgan fingerprint density at radius 1 is 1.19 bits per heavy atom. The highest BCUT2D eigenvalue weighted by molar-refractivity contribution is 7.17. The summed E-state index contributed by atoms with van der Waals surface area (Å²) in [6.45, 7) is 2.36. The number of carbonyl (C=O) groups excluding carboxylic acids is 2. The highest BCUT2D eigenvalue weighted by atomic mass is 32.1. The molecule has 8 nitrogen and oxygen atoms in total. The van der Waals surface area contributed by atoms with Crippen LogP contribution in [0.5, 0.6) is 0 Å². The number of nitrogens with zero attached hydrogens (tertiary/aromatic N) is 3. The van der Waals surface area contributed by atoms with E-state index in [-0.39, 0.29) is 27.7 Å². The van der Waals surface area contributed by atoms with Crippen molar-refractivity contribution in [3.63, 3.8) is 0 Å². The molecule has 32 heavy (non-hydrogen) atoms. The minimum atomic E-state index is -4.57. The third kappa shape index (κ3) is 4.75. The average Bonchev–Trinajstić information content (AvgIpc) is 3.42. The largest absolute Gasteiger partial charge is 0.445 e. The van der Waals surface area contributed by atoms with E-state index < -0.39 is 23.7 Å². The molecule has 0 atom stereocenters. The van der Waals surface area contributed by atoms with Gasteiger partial charge in [-0.25, -0.2) is 14.8 Å². The molecule has 4 heterocycles. The number of pyridine rings is 1. The maximum Gasteiger partial charge on any atom is 0.422 e. The van der Waals surface area contributed by atoms with Gasteiger partial charge in [0.2, 0.25) is 0 Å². The van der Waals surface area contributed by atoms with E-state index in [0.717, 1.165) is 43.3 Å². The minimum absolute atomic E-state index is 0.0440. The van der Waals surface area contributed by atoms with Gasteiger partial charge in [0, 0.05) is 51.4 Å². The molecule has 0 bridgehead atoms. The van der Waals surface area contributed by atoms with E-state index in [1.807, 2.05) is 5.01 Å². The molecule has 2 aromatic heterocycles. The van der Waals surface area contributed by atoms with Gasteiger partial charge in [-0.15, -0.1) is 11.3 Å². The monoisotopic (exact) mass is 471 g/mol. The number of hydrogen-bond donors (Lipinski definition) is 2. The highest BCUT2D eigenvalue weighted by Crippen LogP contribution is 2.40. The molecular weight excluding hydrogens is 447 g/mol. The van der Waals surface area contributed by atoms with Gasteiger partial charge in [-0.2, -0.15) is 13.2 Å². The van der Waals surface area contributed by atoms with Gasteiger partial charge in [-0.3, -0.25) is 10.2 Å². The Bertz CT molecular complexity index is 998. The summed E-state index contributed by atoms with van der Waals surface area (Å²) in [5.74, 6) is -0.321. The van der Waals surface area contributed by atoms with E-state index in [9.17, 15) is 22.8 Å². The summed E-state index contributed by atoms with van der Waals surface area (Å²) in [5.41, 5.74) is 2.08. The first-order valence-corrected chi connectivity index (χ1v) is 11.3. The van der Waals surface area contributed by atoms with Crippen molar-refractivity contribution in [2.75, 3.05) is 38.1 Å². The number of fused-ring (bicyclic) bond motifs is 1. The molecule has 2 amide bonds. The van der Waals surface area contributed by atoms with Crippen LogP contribution in [0.4, 0.5) is 23.8 Å². The second-order valence-electron chi connectivity index (χ2n) is 7.83. The number of aromatic nitrogens is 1. The first-order valence-electron chi connectivity index (χ1n) is 10.4. The number of alkyl halides is 3. The number of ether oxygens (including phenoxy) is 1. The molecule has 0 aromatic carbocycles. The first-order chi connectivity index (χ1) is 15.3. The third-order valence-electron chi connectivity index (χ3n) is 5.68. The van der Waals surface area contributed by atoms with Crippen LogP contribution in [0.15, 0.2) is 11.4 Å². The predicted molar refractivity (Wildman–Crippen MR) is 114 cm³/mol. The Morgan fingerprint density at radius 2 is 1.88 bits per heavy atom. The zero-order valence-electron chi connectivity index (χ0n) is 17.5. The quantitative estimate of drug-likeness (QED) is 0.711. The summed E-state index contributed by atoms with van der Waals surface area (Å²) in [7, 11) is 1.42. The van der Waals surface area contributed by atoms with Gasteiger partial charge in [0.15, 0.2) is 0 Å². The Balaban J connectivity index is 1.49. The lowest BCUT2D eigenvalue weighted by molar-refractivity contribution is -0.136. The van der Waals surface area contributed by atoms with Crippen molar-refractivity contribution in [3.8, 4) is 0 Å². The topological polar surface area (TPSA) is 86.8 Å². The van der Waals surface area contributed by atoms with Crippen molar-refractivity contribution in [1.82, 2.24) is 20.7 Å². The smallest absolute Gasteiger partial charge is 0.422 e. The Hall–Kier alpha value is -2.60. The number of piperidine rings is 1. The lowest BCUT2D eigenvalue weighted by Crippen LogP contribution is -2.44. The SMILES string of the molecule is CNC(=O)c1csc2c(C(F)(F)F)cc(N3CCC(OC(=O)NN4CCCC4)CC3)nc12. The highest BCUT2D eigenvalue weighted by Gasteiger charge is 2.36. The zero-order chi connectivity index (χ0) is 22.9. The maximum atomic E-state index is 13.7. The molecule has 0 radical (unpaired) electrons. The van der Waals surface area contributed by atoms with E-state index in [0.29, 0.717) is 25.9 Å². The molecule has 12 heteroatoms. The fourth-order valence-electron chi connectivity index (χ4n) is 4.00. The molecule has 0 spiro atoms. The molecule has 0 aliphatic carbocycles. The van der Waals surface area contributed by atoms with Gasteiger partial charge < -0.3 is 15.0 Å². The van der Waals surface area contributed by atoms with Crippen LogP contribution in [0.2, 0.25) is 0 Å². The molecule has 4 rings (SSSR count). The van der Waals surface area contributed by atoms with Crippen molar-refractivity contribution in [3.05, 3.63) is 22.6 Å². The number of anilines is 1. The summed E-state index contributed by atoms with van der Waals surface area (Å²) in [4.78, 5) is 30.3. The number of amides is 2. The van der Waals surface area contributed by atoms with Crippen LogP contribution in [0, 0.1) is 0 Å². The van der Waals surface area contributed by atoms with Crippen LogP contribution >= 0.6 is 11.3 Å². The summed E-state index contributed by atoms with van der Waals surface area (Å²) in [6.07, 6.45) is -2.39. The van der Waals surface area contributed by atoms with E-state index in [2.05, 4.69) is 15.7 Å². The van der Waals surface area contributed by atoms with E-state index in [4.69, 9.17) is 4.74 Å². The number of rotatable bonds is 4. The summed E-state index contributed by atoms with van der Waals surface area (Å²) in [6, 6.07) is 1.04. The van der Waals surface area contributed by atoms with Crippen LogP contribution in [-0.2, 0) is 10.9 Å². The van der Waals surface area contributed by atoms with Crippen molar-refractivity contribution < 1.29 is 27.5 Å². The van der Waals surface area contributed by atoms with Crippen LogP contribution in [-0.4, -0.2) is 61.3 Å². The Kier molecular flexibility index (Phi) is 6.42. The molecule has 0 unspecified atom stereocenters. The Morgan fingerprint density at radius 3 is 2.50 bits per heavy atom. The summed E-state index contributed by atoms with van der Waals surface area (Å²) < 4.78 is 46.6. The normalized spacial score (nSPS) is 18.2. The van der Waals surface area contributed by atoms with Crippen LogP contribution in [0.3, 0.4) is 0 Å². The second kappa shape index (κ2) is 9.10.